The summed E-state index contributed by atoms with van der Waals surface area (Å²) in [5.74, 6) is 0.490. The van der Waals surface area contributed by atoms with Crippen LogP contribution in [0.4, 0.5) is 13.2 Å². The lowest BCUT2D eigenvalue weighted by molar-refractivity contribution is -0.142. The van der Waals surface area contributed by atoms with Gasteiger partial charge < -0.3 is 4.90 Å². The summed E-state index contributed by atoms with van der Waals surface area (Å²) in [6.45, 7) is 2.84. The standard InChI is InChI=1S/C17H19F3N4O/c1-10-8-14(17(18,19)20)24-15(21-10)9-13(22-24)11-4-6-23(7-5-11)16(25)12-2-3-12/h8-9,11-12H,2-7H2,1H3. The van der Waals surface area contributed by atoms with Crippen LogP contribution in [0.15, 0.2) is 12.1 Å². The lowest BCUT2D eigenvalue weighted by atomic mass is 9.93. The lowest BCUT2D eigenvalue weighted by Crippen LogP contribution is -2.38. The van der Waals surface area contributed by atoms with E-state index >= 15 is 0 Å². The first-order valence-electron chi connectivity index (χ1n) is 8.56. The molecule has 1 amide bonds. The highest BCUT2D eigenvalue weighted by molar-refractivity contribution is 5.81. The van der Waals surface area contributed by atoms with Crippen molar-refractivity contribution in [2.24, 2.45) is 5.92 Å². The van der Waals surface area contributed by atoms with E-state index in [0.29, 0.717) is 24.5 Å². The fourth-order valence-electron chi connectivity index (χ4n) is 3.50. The molecule has 8 heteroatoms. The third kappa shape index (κ3) is 3.09. The van der Waals surface area contributed by atoms with E-state index in [9.17, 15) is 18.0 Å². The fraction of sp³-hybridized carbons (Fsp3) is 0.588. The number of aromatic nitrogens is 3. The second-order valence-electron chi connectivity index (χ2n) is 6.99. The maximum Gasteiger partial charge on any atom is 0.433 e. The summed E-state index contributed by atoms with van der Waals surface area (Å²) in [6.07, 6.45) is -1.06. The summed E-state index contributed by atoms with van der Waals surface area (Å²) < 4.78 is 40.6. The van der Waals surface area contributed by atoms with Gasteiger partial charge in [-0.2, -0.15) is 18.3 Å². The van der Waals surface area contributed by atoms with Crippen LogP contribution in [0.1, 0.15) is 48.7 Å². The first-order valence-corrected chi connectivity index (χ1v) is 8.56. The largest absolute Gasteiger partial charge is 0.433 e. The minimum absolute atomic E-state index is 0.0614. The van der Waals surface area contributed by atoms with E-state index in [-0.39, 0.29) is 23.4 Å². The first-order chi connectivity index (χ1) is 11.8. The van der Waals surface area contributed by atoms with E-state index in [1.807, 2.05) is 4.90 Å². The predicted molar refractivity (Wildman–Crippen MR) is 84.0 cm³/mol. The number of rotatable bonds is 2. The summed E-state index contributed by atoms with van der Waals surface area (Å²) in [7, 11) is 0. The average molecular weight is 352 g/mol. The van der Waals surface area contributed by atoms with Gasteiger partial charge in [0.05, 0.1) is 5.69 Å². The monoisotopic (exact) mass is 352 g/mol. The molecule has 134 valence electrons. The van der Waals surface area contributed by atoms with Crippen LogP contribution in [-0.4, -0.2) is 38.5 Å². The number of fused-ring (bicyclic) bond motifs is 1. The van der Waals surface area contributed by atoms with Crippen LogP contribution in [0, 0.1) is 12.8 Å². The van der Waals surface area contributed by atoms with Crippen molar-refractivity contribution in [2.75, 3.05) is 13.1 Å². The molecule has 2 aromatic rings. The van der Waals surface area contributed by atoms with Gasteiger partial charge in [-0.05, 0) is 38.7 Å². The number of aryl methyl sites for hydroxylation is 1. The molecule has 2 fully saturated rings. The number of hydrogen-bond acceptors (Lipinski definition) is 3. The van der Waals surface area contributed by atoms with Crippen LogP contribution >= 0.6 is 0 Å². The van der Waals surface area contributed by atoms with Crippen molar-refractivity contribution in [1.82, 2.24) is 19.5 Å². The Hall–Kier alpha value is -2.12. The number of nitrogens with zero attached hydrogens (tertiary/aromatic N) is 4. The molecule has 1 aliphatic heterocycles. The van der Waals surface area contributed by atoms with E-state index in [1.165, 1.54) is 0 Å². The summed E-state index contributed by atoms with van der Waals surface area (Å²) >= 11 is 0. The molecule has 2 aromatic heterocycles. The van der Waals surface area contributed by atoms with Crippen LogP contribution in [0.2, 0.25) is 0 Å². The Bertz CT molecular complexity index is 817. The SMILES string of the molecule is Cc1cc(C(F)(F)F)n2nc(C3CCN(C(=O)C4CC4)CC3)cc2n1. The van der Waals surface area contributed by atoms with Crippen molar-refractivity contribution in [3.05, 3.63) is 29.2 Å². The van der Waals surface area contributed by atoms with E-state index in [4.69, 9.17) is 0 Å². The molecule has 4 rings (SSSR count). The van der Waals surface area contributed by atoms with Gasteiger partial charge in [-0.3, -0.25) is 4.79 Å². The number of carbonyl (C=O) groups is 1. The highest BCUT2D eigenvalue weighted by Gasteiger charge is 2.37. The molecular weight excluding hydrogens is 333 g/mol. The van der Waals surface area contributed by atoms with Gasteiger partial charge >= 0.3 is 6.18 Å². The van der Waals surface area contributed by atoms with E-state index in [2.05, 4.69) is 10.1 Å². The van der Waals surface area contributed by atoms with Gasteiger partial charge in [-0.15, -0.1) is 0 Å². The second kappa shape index (κ2) is 5.71. The highest BCUT2D eigenvalue weighted by Crippen LogP contribution is 2.35. The van der Waals surface area contributed by atoms with E-state index in [1.54, 1.807) is 13.0 Å². The summed E-state index contributed by atoms with van der Waals surface area (Å²) in [6, 6.07) is 2.66. The zero-order valence-electron chi connectivity index (χ0n) is 13.9. The maximum atomic E-state index is 13.2. The molecule has 25 heavy (non-hydrogen) atoms. The van der Waals surface area contributed by atoms with Gasteiger partial charge in [0.1, 0.15) is 5.69 Å². The van der Waals surface area contributed by atoms with Crippen molar-refractivity contribution >= 4 is 11.6 Å². The molecule has 3 heterocycles. The maximum absolute atomic E-state index is 13.2. The third-order valence-corrected chi connectivity index (χ3v) is 5.02. The zero-order valence-corrected chi connectivity index (χ0v) is 13.9. The predicted octanol–water partition coefficient (Wildman–Crippen LogP) is 3.17. The quantitative estimate of drug-likeness (QED) is 0.834. The summed E-state index contributed by atoms with van der Waals surface area (Å²) in [5, 5.41) is 4.19. The molecule has 2 aliphatic rings. The van der Waals surface area contributed by atoms with Crippen molar-refractivity contribution < 1.29 is 18.0 Å². The van der Waals surface area contributed by atoms with Gasteiger partial charge in [-0.1, -0.05) is 0 Å². The topological polar surface area (TPSA) is 50.5 Å². The molecule has 0 bridgehead atoms. The molecule has 0 spiro atoms. The average Bonchev–Trinajstić information content (AvgIpc) is 3.32. The number of likely N-dealkylation sites (tertiary alicyclic amines) is 1. The Labute approximate surface area is 142 Å². The number of alkyl halides is 3. The van der Waals surface area contributed by atoms with Gasteiger partial charge in [-0.25, -0.2) is 9.50 Å². The molecule has 1 saturated carbocycles. The molecule has 5 nitrogen and oxygen atoms in total. The number of amides is 1. The minimum Gasteiger partial charge on any atom is -0.342 e. The smallest absolute Gasteiger partial charge is 0.342 e. The van der Waals surface area contributed by atoms with Crippen LogP contribution in [-0.2, 0) is 11.0 Å². The number of carbonyl (C=O) groups excluding carboxylic acids is 1. The number of halogens is 3. The van der Waals surface area contributed by atoms with Crippen LogP contribution in [0.3, 0.4) is 0 Å². The fourth-order valence-corrected chi connectivity index (χ4v) is 3.50. The van der Waals surface area contributed by atoms with Crippen molar-refractivity contribution in [1.29, 1.82) is 0 Å². The molecule has 1 saturated heterocycles. The van der Waals surface area contributed by atoms with Crippen LogP contribution in [0.5, 0.6) is 0 Å². The molecular formula is C17H19F3N4O. The molecule has 0 atom stereocenters. The van der Waals surface area contributed by atoms with E-state index < -0.39 is 11.9 Å². The molecule has 0 N–H and O–H groups in total. The molecule has 1 aliphatic carbocycles. The highest BCUT2D eigenvalue weighted by atomic mass is 19.4. The molecule has 0 unspecified atom stereocenters. The number of hydrogen-bond donors (Lipinski definition) is 0. The Kier molecular flexibility index (Phi) is 3.73. The summed E-state index contributed by atoms with van der Waals surface area (Å²) in [5.41, 5.74) is 0.361. The van der Waals surface area contributed by atoms with Crippen molar-refractivity contribution in [2.45, 2.75) is 44.7 Å². The Morgan fingerprint density at radius 2 is 1.84 bits per heavy atom. The van der Waals surface area contributed by atoms with Crippen LogP contribution < -0.4 is 0 Å². The van der Waals surface area contributed by atoms with Gasteiger partial charge in [0.15, 0.2) is 5.65 Å². The molecule has 0 aromatic carbocycles. The van der Waals surface area contributed by atoms with Gasteiger partial charge in [0.25, 0.3) is 0 Å². The second-order valence-corrected chi connectivity index (χ2v) is 6.99. The Morgan fingerprint density at radius 3 is 2.44 bits per heavy atom. The number of piperidine rings is 1. The van der Waals surface area contributed by atoms with Crippen molar-refractivity contribution in [3.63, 3.8) is 0 Å². The zero-order chi connectivity index (χ0) is 17.8. The van der Waals surface area contributed by atoms with Crippen LogP contribution in [0.25, 0.3) is 5.65 Å². The normalized spacial score (nSPS) is 19.6. The Morgan fingerprint density at radius 1 is 1.16 bits per heavy atom. The molecule has 0 radical (unpaired) electrons. The lowest BCUT2D eigenvalue weighted by Gasteiger charge is -2.31. The summed E-state index contributed by atoms with van der Waals surface area (Å²) in [4.78, 5) is 18.2. The van der Waals surface area contributed by atoms with Gasteiger partial charge in [0.2, 0.25) is 5.91 Å². The van der Waals surface area contributed by atoms with Gasteiger partial charge in [0, 0.05) is 36.7 Å². The minimum atomic E-state index is -4.48. The Balaban J connectivity index is 1.57. The van der Waals surface area contributed by atoms with E-state index in [0.717, 1.165) is 36.3 Å². The van der Waals surface area contributed by atoms with Crippen molar-refractivity contribution in [3.8, 4) is 0 Å². The first kappa shape index (κ1) is 16.4. The third-order valence-electron chi connectivity index (χ3n) is 5.02.